The molecule has 0 bridgehead atoms. The van der Waals surface area contributed by atoms with Crippen LogP contribution in [-0.2, 0) is 0 Å². The zero-order valence-corrected chi connectivity index (χ0v) is 11.6. The summed E-state index contributed by atoms with van der Waals surface area (Å²) in [5, 5.41) is 2.73. The van der Waals surface area contributed by atoms with E-state index < -0.39 is 5.82 Å². The van der Waals surface area contributed by atoms with Crippen LogP contribution in [0.3, 0.4) is 0 Å². The lowest BCUT2D eigenvalue weighted by atomic mass is 10.1. The van der Waals surface area contributed by atoms with Crippen molar-refractivity contribution in [3.05, 3.63) is 65.0 Å². The quantitative estimate of drug-likeness (QED) is 0.832. The van der Waals surface area contributed by atoms with E-state index in [1.54, 1.807) is 37.3 Å². The summed E-state index contributed by atoms with van der Waals surface area (Å²) < 4.78 is 13.5. The molecule has 0 aromatic heterocycles. The van der Waals surface area contributed by atoms with Crippen LogP contribution in [0.5, 0.6) is 0 Å². The molecular weight excluding hydrogens is 267 g/mol. The second-order valence-electron chi connectivity index (χ2n) is 4.47. The first-order chi connectivity index (χ1) is 10.1. The van der Waals surface area contributed by atoms with Gasteiger partial charge in [0.15, 0.2) is 0 Å². The molecule has 2 aromatic carbocycles. The first-order valence-electron chi connectivity index (χ1n) is 6.47. The standard InChI is InChI=1S/C17H15FN2O/c1-12-8-9-14(11-15(12)18)17(21)20-16-7-3-2-5-13(16)6-4-10-19/h2-3,5,7-9,11H,10,19H2,1H3,(H,20,21). The number of nitrogens with one attached hydrogen (secondary N) is 1. The Morgan fingerprint density at radius 2 is 2.05 bits per heavy atom. The zero-order chi connectivity index (χ0) is 15.2. The molecule has 4 heteroatoms. The minimum Gasteiger partial charge on any atom is -0.321 e. The maximum Gasteiger partial charge on any atom is 0.255 e. The van der Waals surface area contributed by atoms with Gasteiger partial charge in [-0.3, -0.25) is 4.79 Å². The smallest absolute Gasteiger partial charge is 0.255 e. The van der Waals surface area contributed by atoms with Gasteiger partial charge in [0.05, 0.1) is 12.2 Å². The van der Waals surface area contributed by atoms with E-state index in [1.165, 1.54) is 6.07 Å². The number of carbonyl (C=O) groups is 1. The lowest BCUT2D eigenvalue weighted by Crippen LogP contribution is -2.13. The number of hydrogen-bond donors (Lipinski definition) is 2. The zero-order valence-electron chi connectivity index (χ0n) is 11.6. The number of hydrogen-bond acceptors (Lipinski definition) is 2. The Morgan fingerprint density at radius 3 is 2.76 bits per heavy atom. The highest BCUT2D eigenvalue weighted by atomic mass is 19.1. The van der Waals surface area contributed by atoms with Crippen molar-refractivity contribution in [1.82, 2.24) is 0 Å². The van der Waals surface area contributed by atoms with Crippen molar-refractivity contribution in [3.8, 4) is 11.8 Å². The summed E-state index contributed by atoms with van der Waals surface area (Å²) in [4.78, 5) is 12.2. The van der Waals surface area contributed by atoms with Gasteiger partial charge < -0.3 is 11.1 Å². The summed E-state index contributed by atoms with van der Waals surface area (Å²) in [5.41, 5.74) is 7.36. The van der Waals surface area contributed by atoms with E-state index in [0.29, 0.717) is 16.8 Å². The lowest BCUT2D eigenvalue weighted by molar-refractivity contribution is 0.102. The predicted molar refractivity (Wildman–Crippen MR) is 81.5 cm³/mol. The lowest BCUT2D eigenvalue weighted by Gasteiger charge is -2.08. The van der Waals surface area contributed by atoms with Crippen LogP contribution in [0.15, 0.2) is 42.5 Å². The molecule has 0 aliphatic carbocycles. The summed E-state index contributed by atoms with van der Waals surface area (Å²) in [6.45, 7) is 1.89. The van der Waals surface area contributed by atoms with Crippen molar-refractivity contribution in [1.29, 1.82) is 0 Å². The largest absolute Gasteiger partial charge is 0.321 e. The Labute approximate surface area is 123 Å². The molecule has 0 aliphatic rings. The highest BCUT2D eigenvalue weighted by Gasteiger charge is 2.10. The molecule has 0 unspecified atom stereocenters. The van der Waals surface area contributed by atoms with Crippen LogP contribution in [0.2, 0.25) is 0 Å². The van der Waals surface area contributed by atoms with Gasteiger partial charge in [-0.25, -0.2) is 4.39 Å². The minimum atomic E-state index is -0.404. The van der Waals surface area contributed by atoms with Crippen molar-refractivity contribution in [2.24, 2.45) is 5.73 Å². The molecule has 0 spiro atoms. The average Bonchev–Trinajstić information content (AvgIpc) is 2.49. The monoisotopic (exact) mass is 282 g/mol. The summed E-state index contributed by atoms with van der Waals surface area (Å²) in [7, 11) is 0. The third-order valence-corrected chi connectivity index (χ3v) is 2.93. The van der Waals surface area contributed by atoms with E-state index in [0.717, 1.165) is 0 Å². The topological polar surface area (TPSA) is 55.1 Å². The molecule has 0 aliphatic heterocycles. The number of amides is 1. The van der Waals surface area contributed by atoms with Crippen LogP contribution in [0.4, 0.5) is 10.1 Å². The van der Waals surface area contributed by atoms with Gasteiger partial charge in [0, 0.05) is 11.1 Å². The summed E-state index contributed by atoms with van der Waals surface area (Å²) in [5.74, 6) is 4.84. The predicted octanol–water partition coefficient (Wildman–Crippen LogP) is 2.70. The Hall–Kier alpha value is -2.64. The molecule has 3 nitrogen and oxygen atoms in total. The number of nitrogens with two attached hydrogens (primary N) is 1. The molecule has 0 saturated carbocycles. The third-order valence-electron chi connectivity index (χ3n) is 2.93. The normalized spacial score (nSPS) is 9.67. The molecule has 2 rings (SSSR count). The van der Waals surface area contributed by atoms with E-state index in [9.17, 15) is 9.18 Å². The van der Waals surface area contributed by atoms with Gasteiger partial charge in [0.2, 0.25) is 0 Å². The molecule has 0 atom stereocenters. The van der Waals surface area contributed by atoms with Crippen molar-refractivity contribution in [3.63, 3.8) is 0 Å². The fraction of sp³-hybridized carbons (Fsp3) is 0.118. The molecule has 0 radical (unpaired) electrons. The highest BCUT2D eigenvalue weighted by molar-refractivity contribution is 6.05. The van der Waals surface area contributed by atoms with Gasteiger partial charge in [0.1, 0.15) is 5.82 Å². The first kappa shape index (κ1) is 14.8. The number of para-hydroxylation sites is 1. The van der Waals surface area contributed by atoms with Gasteiger partial charge in [0.25, 0.3) is 5.91 Å². The number of benzene rings is 2. The van der Waals surface area contributed by atoms with E-state index >= 15 is 0 Å². The van der Waals surface area contributed by atoms with Gasteiger partial charge in [-0.1, -0.05) is 30.0 Å². The van der Waals surface area contributed by atoms with Crippen LogP contribution in [0.1, 0.15) is 21.5 Å². The van der Waals surface area contributed by atoms with E-state index in [-0.39, 0.29) is 18.0 Å². The molecule has 0 saturated heterocycles. The minimum absolute atomic E-state index is 0.242. The van der Waals surface area contributed by atoms with Gasteiger partial charge in [-0.2, -0.15) is 0 Å². The fourth-order valence-electron chi connectivity index (χ4n) is 1.78. The Morgan fingerprint density at radius 1 is 1.29 bits per heavy atom. The molecule has 1 amide bonds. The molecule has 0 heterocycles. The maximum atomic E-state index is 13.5. The average molecular weight is 282 g/mol. The number of carbonyl (C=O) groups excluding carboxylic acids is 1. The summed E-state index contributed by atoms with van der Waals surface area (Å²) in [6.07, 6.45) is 0. The van der Waals surface area contributed by atoms with Crippen LogP contribution < -0.4 is 11.1 Å². The van der Waals surface area contributed by atoms with Crippen LogP contribution in [0, 0.1) is 24.6 Å². The number of rotatable bonds is 2. The SMILES string of the molecule is Cc1ccc(C(=O)Nc2ccccc2C#CCN)cc1F. The molecular formula is C17H15FN2O. The molecule has 2 aromatic rings. The van der Waals surface area contributed by atoms with E-state index in [4.69, 9.17) is 5.73 Å². The summed E-state index contributed by atoms with van der Waals surface area (Å²) in [6, 6.07) is 11.5. The molecule has 21 heavy (non-hydrogen) atoms. The number of aryl methyl sites for hydroxylation is 1. The van der Waals surface area contributed by atoms with Crippen LogP contribution >= 0.6 is 0 Å². The first-order valence-corrected chi connectivity index (χ1v) is 6.47. The molecule has 0 fully saturated rings. The Bertz CT molecular complexity index is 729. The van der Waals surface area contributed by atoms with Gasteiger partial charge in [-0.15, -0.1) is 0 Å². The maximum absolute atomic E-state index is 13.5. The molecule has 3 N–H and O–H groups in total. The number of halogens is 1. The van der Waals surface area contributed by atoms with Crippen LogP contribution in [-0.4, -0.2) is 12.5 Å². The molecule has 106 valence electrons. The van der Waals surface area contributed by atoms with Gasteiger partial charge >= 0.3 is 0 Å². The van der Waals surface area contributed by atoms with Crippen molar-refractivity contribution < 1.29 is 9.18 Å². The number of anilines is 1. The second-order valence-corrected chi connectivity index (χ2v) is 4.47. The van der Waals surface area contributed by atoms with Crippen molar-refractivity contribution in [2.75, 3.05) is 11.9 Å². The van der Waals surface area contributed by atoms with E-state index in [2.05, 4.69) is 17.2 Å². The van der Waals surface area contributed by atoms with Crippen molar-refractivity contribution >= 4 is 11.6 Å². The Balaban J connectivity index is 2.25. The highest BCUT2D eigenvalue weighted by Crippen LogP contribution is 2.16. The second kappa shape index (κ2) is 6.69. The summed E-state index contributed by atoms with van der Waals surface area (Å²) >= 11 is 0. The van der Waals surface area contributed by atoms with Gasteiger partial charge in [-0.05, 0) is 36.8 Å². The van der Waals surface area contributed by atoms with Crippen LogP contribution in [0.25, 0.3) is 0 Å². The Kier molecular flexibility index (Phi) is 4.70. The fourth-order valence-corrected chi connectivity index (χ4v) is 1.78. The van der Waals surface area contributed by atoms with Crippen molar-refractivity contribution in [2.45, 2.75) is 6.92 Å². The third kappa shape index (κ3) is 3.68. The van der Waals surface area contributed by atoms with E-state index in [1.807, 2.05) is 6.07 Å².